The lowest BCUT2D eigenvalue weighted by atomic mass is 10.0. The molecule has 206 valence electrons. The Hall–Kier alpha value is -4.65. The van der Waals surface area contributed by atoms with Gasteiger partial charge in [0.1, 0.15) is 36.7 Å². The topological polar surface area (TPSA) is 102 Å². The fraction of sp³-hybridized carbons (Fsp3) is 0.259. The van der Waals surface area contributed by atoms with E-state index in [0.717, 1.165) is 39.5 Å². The number of benzene rings is 2. The number of alkyl halides is 3. The van der Waals surface area contributed by atoms with Crippen molar-refractivity contribution in [3.05, 3.63) is 77.7 Å². The lowest BCUT2D eigenvalue weighted by molar-refractivity contribution is -0.178. The van der Waals surface area contributed by atoms with E-state index in [1.54, 1.807) is 20.5 Å². The molecule has 0 unspecified atom stereocenters. The fourth-order valence-electron chi connectivity index (χ4n) is 4.71. The molecule has 5 aromatic rings. The van der Waals surface area contributed by atoms with Gasteiger partial charge in [0.2, 0.25) is 5.82 Å². The van der Waals surface area contributed by atoms with Crippen LogP contribution < -0.4 is 9.47 Å². The van der Waals surface area contributed by atoms with Gasteiger partial charge in [-0.3, -0.25) is 4.68 Å². The lowest BCUT2D eigenvalue weighted by Crippen LogP contribution is -2.16. The number of hydrogen-bond donors (Lipinski definition) is 0. The smallest absolute Gasteiger partial charge is 0.411 e. The highest BCUT2D eigenvalue weighted by molar-refractivity contribution is 5.77. The van der Waals surface area contributed by atoms with E-state index in [1.807, 2.05) is 57.9 Å². The van der Waals surface area contributed by atoms with Crippen LogP contribution >= 0.6 is 0 Å². The number of aromatic nitrogens is 6. The van der Waals surface area contributed by atoms with E-state index in [0.29, 0.717) is 24.4 Å². The van der Waals surface area contributed by atoms with Crippen molar-refractivity contribution >= 4 is 0 Å². The maximum absolute atomic E-state index is 12.4. The summed E-state index contributed by atoms with van der Waals surface area (Å²) in [5, 5.41) is 8.66. The average Bonchev–Trinajstić information content (AvgIpc) is 3.66. The van der Waals surface area contributed by atoms with Crippen molar-refractivity contribution in [2.24, 2.45) is 0 Å². The molecule has 13 heteroatoms. The quantitative estimate of drug-likeness (QED) is 0.265. The first-order valence-corrected chi connectivity index (χ1v) is 12.2. The molecule has 0 amide bonds. The molecule has 0 N–H and O–H groups in total. The van der Waals surface area contributed by atoms with E-state index in [1.165, 1.54) is 0 Å². The summed E-state index contributed by atoms with van der Waals surface area (Å²) in [4.78, 5) is 8.76. The molecule has 0 atom stereocenters. The van der Waals surface area contributed by atoms with Gasteiger partial charge < -0.3 is 23.3 Å². The third-order valence-corrected chi connectivity index (χ3v) is 6.52. The molecule has 0 aliphatic carbocycles. The summed E-state index contributed by atoms with van der Waals surface area (Å²) in [6, 6.07) is 13.6. The van der Waals surface area contributed by atoms with Crippen molar-refractivity contribution < 1.29 is 31.9 Å². The highest BCUT2D eigenvalue weighted by atomic mass is 19.4. The van der Waals surface area contributed by atoms with Gasteiger partial charge in [-0.05, 0) is 35.9 Å². The van der Waals surface area contributed by atoms with Crippen molar-refractivity contribution in [2.75, 3.05) is 20.8 Å². The Labute approximate surface area is 225 Å². The minimum absolute atomic E-state index is 0.0761. The Balaban J connectivity index is 1.38. The number of hydrogen-bond acceptors (Lipinski definition) is 8. The van der Waals surface area contributed by atoms with E-state index < -0.39 is 19.4 Å². The van der Waals surface area contributed by atoms with Crippen LogP contribution in [0, 0.1) is 0 Å². The third-order valence-electron chi connectivity index (χ3n) is 6.52. The number of fused-ring (bicyclic) bond motifs is 5. The van der Waals surface area contributed by atoms with Crippen LogP contribution in [0.5, 0.6) is 11.5 Å². The van der Waals surface area contributed by atoms with Gasteiger partial charge in [0.15, 0.2) is 0 Å². The molecule has 3 aromatic heterocycles. The van der Waals surface area contributed by atoms with Crippen molar-refractivity contribution in [3.63, 3.8) is 0 Å². The third kappa shape index (κ3) is 4.91. The number of halogens is 3. The molecule has 0 fully saturated rings. The molecule has 0 bridgehead atoms. The Morgan fingerprint density at radius 1 is 1.02 bits per heavy atom. The van der Waals surface area contributed by atoms with Crippen LogP contribution in [0.4, 0.5) is 13.2 Å². The van der Waals surface area contributed by atoms with Crippen LogP contribution in [-0.4, -0.2) is 56.5 Å². The predicted molar refractivity (Wildman–Crippen MR) is 135 cm³/mol. The standard InChI is InChI=1S/C27H23F3N6O4/c1-37-18-5-3-16(4-6-18)12-36-25-17(11-32-36)9-22-24(26-33-23(40-34-26)13-39-14-27(28,29)30)31-15-35(22)21-8-7-19(38-2)10-20(21)25/h3-8,10-11,15H,9,12-14H2,1-2H3. The van der Waals surface area contributed by atoms with Crippen molar-refractivity contribution in [3.8, 4) is 40.0 Å². The first kappa shape index (κ1) is 25.6. The summed E-state index contributed by atoms with van der Waals surface area (Å²) >= 11 is 0. The zero-order valence-electron chi connectivity index (χ0n) is 21.5. The molecule has 1 aliphatic heterocycles. The van der Waals surface area contributed by atoms with Gasteiger partial charge in [-0.15, -0.1) is 0 Å². The second-order valence-corrected chi connectivity index (χ2v) is 9.11. The number of imidazole rings is 1. The van der Waals surface area contributed by atoms with Crippen LogP contribution in [0.1, 0.15) is 22.7 Å². The number of methoxy groups -OCH3 is 2. The summed E-state index contributed by atoms with van der Waals surface area (Å²) in [6.07, 6.45) is -0.519. The SMILES string of the molecule is COc1ccc(Cn2ncc3c2-c2cc(OC)ccc2-n2cnc(-c4noc(COCC(F)(F)F)n4)c2C3)cc1. The van der Waals surface area contributed by atoms with E-state index >= 15 is 0 Å². The number of nitrogens with zero attached hydrogens (tertiary/aromatic N) is 6. The van der Waals surface area contributed by atoms with Gasteiger partial charge in [-0.25, -0.2) is 4.98 Å². The molecule has 2 aromatic carbocycles. The van der Waals surface area contributed by atoms with Crippen molar-refractivity contribution in [2.45, 2.75) is 25.7 Å². The van der Waals surface area contributed by atoms with Gasteiger partial charge >= 0.3 is 6.18 Å². The zero-order valence-corrected chi connectivity index (χ0v) is 21.5. The maximum Gasteiger partial charge on any atom is 0.411 e. The van der Waals surface area contributed by atoms with E-state index in [4.69, 9.17) is 19.1 Å². The summed E-state index contributed by atoms with van der Waals surface area (Å²) in [5.41, 5.74) is 5.89. The second kappa shape index (κ2) is 10.2. The van der Waals surface area contributed by atoms with Crippen LogP contribution in [0.25, 0.3) is 28.5 Å². The van der Waals surface area contributed by atoms with Crippen LogP contribution in [0.15, 0.2) is 59.5 Å². The van der Waals surface area contributed by atoms with E-state index in [2.05, 4.69) is 19.9 Å². The maximum atomic E-state index is 12.4. The molecule has 1 aliphatic rings. The molecule has 0 spiro atoms. The summed E-state index contributed by atoms with van der Waals surface area (Å²) in [6.45, 7) is -1.34. The monoisotopic (exact) mass is 552 g/mol. The summed E-state index contributed by atoms with van der Waals surface area (Å²) < 4.78 is 61.8. The Bertz CT molecular complexity index is 1660. The van der Waals surface area contributed by atoms with Gasteiger partial charge in [0.25, 0.3) is 5.89 Å². The molecule has 10 nitrogen and oxygen atoms in total. The minimum atomic E-state index is -4.45. The van der Waals surface area contributed by atoms with E-state index in [-0.39, 0.29) is 11.7 Å². The van der Waals surface area contributed by atoms with Crippen LogP contribution in [-0.2, 0) is 24.3 Å². The number of rotatable bonds is 8. The molecule has 0 radical (unpaired) electrons. The Kier molecular flexibility index (Phi) is 6.50. The van der Waals surface area contributed by atoms with Gasteiger partial charge in [-0.1, -0.05) is 17.3 Å². The second-order valence-electron chi connectivity index (χ2n) is 9.11. The molecule has 6 rings (SSSR count). The van der Waals surface area contributed by atoms with Crippen molar-refractivity contribution in [1.82, 2.24) is 29.5 Å². The van der Waals surface area contributed by atoms with Crippen LogP contribution in [0.2, 0.25) is 0 Å². The zero-order chi connectivity index (χ0) is 27.9. The largest absolute Gasteiger partial charge is 0.497 e. The molecule has 40 heavy (non-hydrogen) atoms. The van der Waals surface area contributed by atoms with Gasteiger partial charge in [0.05, 0.1) is 44.0 Å². The Morgan fingerprint density at radius 2 is 1.80 bits per heavy atom. The normalized spacial score (nSPS) is 12.4. The van der Waals surface area contributed by atoms with E-state index in [9.17, 15) is 13.2 Å². The fourth-order valence-corrected chi connectivity index (χ4v) is 4.71. The summed E-state index contributed by atoms with van der Waals surface area (Å²) in [7, 11) is 3.24. The Morgan fingerprint density at radius 3 is 2.55 bits per heavy atom. The highest BCUT2D eigenvalue weighted by Gasteiger charge is 2.29. The molecule has 0 saturated heterocycles. The first-order valence-electron chi connectivity index (χ1n) is 12.2. The minimum Gasteiger partial charge on any atom is -0.497 e. The molecular formula is C27H23F3N6O4. The first-order chi connectivity index (χ1) is 19.3. The lowest BCUT2D eigenvalue weighted by Gasteiger charge is -2.14. The summed E-state index contributed by atoms with van der Waals surface area (Å²) in [5.74, 6) is 1.54. The van der Waals surface area contributed by atoms with Gasteiger partial charge in [-0.2, -0.15) is 23.3 Å². The average molecular weight is 553 g/mol. The predicted octanol–water partition coefficient (Wildman–Crippen LogP) is 4.83. The number of ether oxygens (including phenoxy) is 3. The van der Waals surface area contributed by atoms with Crippen LogP contribution in [0.3, 0.4) is 0 Å². The molecule has 0 saturated carbocycles. The highest BCUT2D eigenvalue weighted by Crippen LogP contribution is 2.39. The van der Waals surface area contributed by atoms with Crippen molar-refractivity contribution in [1.29, 1.82) is 0 Å². The molecule has 4 heterocycles. The van der Waals surface area contributed by atoms with Gasteiger partial charge in [0, 0.05) is 17.5 Å². The molecular weight excluding hydrogens is 529 g/mol.